The second-order valence-corrected chi connectivity index (χ2v) is 10.5. The van der Waals surface area contributed by atoms with Gasteiger partial charge in [-0.1, -0.05) is 26.0 Å². The van der Waals surface area contributed by atoms with Gasteiger partial charge in [-0.25, -0.2) is 9.07 Å². The number of aliphatic carboxylic acids is 1. The second kappa shape index (κ2) is 15.9. The van der Waals surface area contributed by atoms with E-state index in [0.29, 0.717) is 22.5 Å². The molecule has 0 bridgehead atoms. The van der Waals surface area contributed by atoms with Gasteiger partial charge in [-0.15, -0.1) is 0 Å². The average molecular weight is 593 g/mol. The molecule has 1 heterocycles. The number of nitrogens with one attached hydrogen (secondary N) is 1. The van der Waals surface area contributed by atoms with Crippen LogP contribution in [-0.4, -0.2) is 104 Å². The van der Waals surface area contributed by atoms with Gasteiger partial charge in [0.05, 0.1) is 24.3 Å². The van der Waals surface area contributed by atoms with Crippen molar-refractivity contribution in [3.8, 4) is 5.69 Å². The normalized spacial score (nSPS) is 12.4. The summed E-state index contributed by atoms with van der Waals surface area (Å²) >= 11 is 0. The summed E-state index contributed by atoms with van der Waals surface area (Å²) in [4.78, 5) is 37.9. The Bertz CT molecular complexity index is 1360. The van der Waals surface area contributed by atoms with Crippen LogP contribution >= 0.6 is 0 Å². The predicted octanol–water partition coefficient (Wildman–Crippen LogP) is 2.64. The molecule has 4 N–H and O–H groups in total. The summed E-state index contributed by atoms with van der Waals surface area (Å²) < 4.78 is 15.2. The van der Waals surface area contributed by atoms with Crippen molar-refractivity contribution in [1.29, 1.82) is 0 Å². The fourth-order valence-corrected chi connectivity index (χ4v) is 4.59. The topological polar surface area (TPSA) is 145 Å². The van der Waals surface area contributed by atoms with Crippen LogP contribution in [0.4, 0.5) is 4.39 Å². The summed E-state index contributed by atoms with van der Waals surface area (Å²) in [5, 5.41) is 36.8. The van der Waals surface area contributed by atoms with Crippen molar-refractivity contribution in [2.75, 3.05) is 14.1 Å². The van der Waals surface area contributed by atoms with E-state index in [1.54, 1.807) is 55.2 Å². The van der Waals surface area contributed by atoms with E-state index in [2.05, 4.69) is 10.4 Å². The van der Waals surface area contributed by atoms with Crippen molar-refractivity contribution >= 4 is 47.3 Å². The van der Waals surface area contributed by atoms with Crippen molar-refractivity contribution in [3.63, 3.8) is 0 Å². The van der Waals surface area contributed by atoms with Crippen molar-refractivity contribution in [3.05, 3.63) is 82.4 Å². The SMILES string of the molecule is CC(C)c1c(C(=O)NCc2ccc(C(=O)N(C)C)cc2)nn(-c2ccc(F)cc2)c1CC[C@@H](O)C[C@@H](O)CC(=O)O.[NaH]. The zero-order chi connectivity index (χ0) is 30.3. The summed E-state index contributed by atoms with van der Waals surface area (Å²) in [6.07, 6.45) is -2.30. The van der Waals surface area contributed by atoms with Gasteiger partial charge in [0.1, 0.15) is 5.82 Å². The van der Waals surface area contributed by atoms with E-state index in [4.69, 9.17) is 5.11 Å². The van der Waals surface area contributed by atoms with Gasteiger partial charge in [0.15, 0.2) is 5.69 Å². The fourth-order valence-electron chi connectivity index (χ4n) is 4.59. The van der Waals surface area contributed by atoms with Gasteiger partial charge >= 0.3 is 35.5 Å². The number of halogens is 1. The second-order valence-electron chi connectivity index (χ2n) is 10.5. The molecule has 1 aromatic heterocycles. The van der Waals surface area contributed by atoms with Crippen molar-refractivity contribution in [2.24, 2.45) is 0 Å². The summed E-state index contributed by atoms with van der Waals surface area (Å²) in [7, 11) is 3.34. The van der Waals surface area contributed by atoms with Gasteiger partial charge in [0, 0.05) is 37.5 Å². The Kier molecular flexibility index (Phi) is 13.3. The fraction of sp³-hybridized carbons (Fsp3) is 0.400. The van der Waals surface area contributed by atoms with Gasteiger partial charge in [-0.3, -0.25) is 14.4 Å². The number of benzene rings is 2. The standard InChI is InChI=1S/C30H37FN4O6.Na.H/c1-18(2)27-25(14-13-23(36)15-24(37)16-26(38)39)35(22-11-9-21(31)10-12-22)33-28(27)29(40)32-17-19-5-7-20(8-6-19)30(41)34(3)4;;/h5-12,18,23-24,36-37H,13-17H2,1-4H3,(H,32,40)(H,38,39);;/t23-,24-;;/m1../s1. The maximum atomic E-state index is 13.7. The monoisotopic (exact) mass is 592 g/mol. The van der Waals surface area contributed by atoms with E-state index in [1.165, 1.54) is 17.0 Å². The van der Waals surface area contributed by atoms with Crippen LogP contribution in [0.1, 0.15) is 76.7 Å². The number of nitrogens with zero attached hydrogens (tertiary/aromatic N) is 3. The molecule has 3 rings (SSSR count). The van der Waals surface area contributed by atoms with Crippen LogP contribution in [-0.2, 0) is 17.8 Å². The minimum atomic E-state index is -1.19. The van der Waals surface area contributed by atoms with E-state index in [9.17, 15) is 29.0 Å². The minimum absolute atomic E-state index is 0. The van der Waals surface area contributed by atoms with Crippen molar-refractivity contribution in [2.45, 2.75) is 64.2 Å². The Hall–Kier alpha value is -3.09. The summed E-state index contributed by atoms with van der Waals surface area (Å²) in [5.74, 6) is -2.25. The molecule has 0 aliphatic rings. The predicted molar refractivity (Wildman–Crippen MR) is 158 cm³/mol. The number of carbonyl (C=O) groups excluding carboxylic acids is 2. The Labute approximate surface area is 266 Å². The number of amides is 2. The number of rotatable bonds is 13. The molecular weight excluding hydrogens is 554 g/mol. The van der Waals surface area contributed by atoms with Crippen LogP contribution in [0.5, 0.6) is 0 Å². The molecule has 10 nitrogen and oxygen atoms in total. The number of aliphatic hydroxyl groups is 2. The first kappa shape index (κ1) is 35.1. The van der Waals surface area contributed by atoms with Gasteiger partial charge < -0.3 is 25.5 Å². The Morgan fingerprint density at radius 2 is 1.62 bits per heavy atom. The number of aromatic nitrogens is 2. The third kappa shape index (κ3) is 9.47. The van der Waals surface area contributed by atoms with E-state index >= 15 is 0 Å². The quantitative estimate of drug-likeness (QED) is 0.223. The molecular formula is C30H38FN4NaO6. The van der Waals surface area contributed by atoms with Gasteiger partial charge in [0.2, 0.25) is 0 Å². The molecule has 12 heteroatoms. The van der Waals surface area contributed by atoms with Crippen molar-refractivity contribution < 1.29 is 34.1 Å². The molecule has 0 saturated carbocycles. The molecule has 0 radical (unpaired) electrons. The third-order valence-electron chi connectivity index (χ3n) is 6.61. The van der Waals surface area contributed by atoms with E-state index in [0.717, 1.165) is 5.56 Å². The molecule has 3 aromatic rings. The Balaban J connectivity index is 0.00000616. The summed E-state index contributed by atoms with van der Waals surface area (Å²) in [6, 6.07) is 12.6. The van der Waals surface area contributed by atoms with Gasteiger partial charge in [-0.2, -0.15) is 5.10 Å². The van der Waals surface area contributed by atoms with Gasteiger partial charge in [-0.05, 0) is 67.1 Å². The number of carboxylic acid groups (broad SMARTS) is 1. The molecule has 42 heavy (non-hydrogen) atoms. The zero-order valence-corrected chi connectivity index (χ0v) is 23.7. The summed E-state index contributed by atoms with van der Waals surface area (Å²) in [5.41, 5.74) is 3.36. The number of hydrogen-bond donors (Lipinski definition) is 4. The van der Waals surface area contributed by atoms with Crippen LogP contribution in [0.3, 0.4) is 0 Å². The molecule has 2 amide bonds. The molecule has 0 aliphatic carbocycles. The zero-order valence-electron chi connectivity index (χ0n) is 23.7. The molecule has 2 aromatic carbocycles. The van der Waals surface area contributed by atoms with Crippen LogP contribution in [0.15, 0.2) is 48.5 Å². The van der Waals surface area contributed by atoms with Crippen molar-refractivity contribution in [1.82, 2.24) is 20.0 Å². The van der Waals surface area contributed by atoms with E-state index in [-0.39, 0.29) is 72.9 Å². The average Bonchev–Trinajstić information content (AvgIpc) is 3.30. The first-order valence-electron chi connectivity index (χ1n) is 13.4. The van der Waals surface area contributed by atoms with Crippen LogP contribution in [0, 0.1) is 5.82 Å². The van der Waals surface area contributed by atoms with Gasteiger partial charge in [0.25, 0.3) is 11.8 Å². The molecule has 222 valence electrons. The molecule has 0 aliphatic heterocycles. The molecule has 0 unspecified atom stereocenters. The number of hydrogen-bond acceptors (Lipinski definition) is 6. The maximum absolute atomic E-state index is 13.7. The number of carboxylic acids is 1. The third-order valence-corrected chi connectivity index (χ3v) is 6.61. The van der Waals surface area contributed by atoms with Crippen LogP contribution in [0.25, 0.3) is 5.69 Å². The van der Waals surface area contributed by atoms with Crippen LogP contribution in [0.2, 0.25) is 0 Å². The molecule has 0 spiro atoms. The number of aliphatic hydroxyl groups excluding tert-OH is 2. The molecule has 2 atom stereocenters. The Morgan fingerprint density at radius 3 is 2.17 bits per heavy atom. The number of carbonyl (C=O) groups is 3. The van der Waals surface area contributed by atoms with Crippen LogP contribution < -0.4 is 5.32 Å². The summed E-state index contributed by atoms with van der Waals surface area (Å²) in [6.45, 7) is 4.03. The Morgan fingerprint density at radius 1 is 1.00 bits per heavy atom. The van der Waals surface area contributed by atoms with E-state index in [1.807, 2.05) is 13.8 Å². The first-order chi connectivity index (χ1) is 19.4. The first-order valence-corrected chi connectivity index (χ1v) is 13.4. The molecule has 0 fully saturated rings. The molecule has 0 saturated heterocycles. The van der Waals surface area contributed by atoms with E-state index < -0.39 is 36.3 Å².